The van der Waals surface area contributed by atoms with Crippen molar-refractivity contribution in [2.45, 2.75) is 6.18 Å². The largest absolute Gasteiger partial charge is 0.707 e. The van der Waals surface area contributed by atoms with Crippen molar-refractivity contribution >= 4 is 7.32 Å². The maximum atomic E-state index is 12.4. The van der Waals surface area contributed by atoms with Crippen LogP contribution in [0, 0.1) is 0 Å². The first-order valence-corrected chi connectivity index (χ1v) is 5.82. The number of ether oxygens (including phenoxy) is 1. The maximum absolute atomic E-state index is 12.4. The quantitative estimate of drug-likeness (QED) is 0.852. The molecule has 0 amide bonds. The first kappa shape index (κ1) is 15.2. The summed E-state index contributed by atoms with van der Waals surface area (Å²) in [5, 5.41) is 17.2. The summed E-state index contributed by atoms with van der Waals surface area (Å²) in [4.78, 5) is 0. The van der Waals surface area contributed by atoms with E-state index in [1.54, 1.807) is 0 Å². The fourth-order valence-corrected chi connectivity index (χ4v) is 1.56. The number of alkyl halides is 3. The zero-order chi connectivity index (χ0) is 15.5. The van der Waals surface area contributed by atoms with Gasteiger partial charge in [-0.2, -0.15) is 13.2 Å². The van der Waals surface area contributed by atoms with Gasteiger partial charge in [-0.1, -0.05) is 0 Å². The average Bonchev–Trinajstić information content (AvgIpc) is 2.40. The predicted molar refractivity (Wildman–Crippen MR) is 68.8 cm³/mol. The zero-order valence-corrected chi connectivity index (χ0v) is 10.5. The Morgan fingerprint density at radius 1 is 0.762 bits per heavy atom. The molecule has 0 saturated heterocycles. The van der Waals surface area contributed by atoms with Crippen LogP contribution in [0.4, 0.5) is 13.2 Å². The second kappa shape index (κ2) is 6.07. The molecule has 0 spiro atoms. The van der Waals surface area contributed by atoms with Crippen LogP contribution in [-0.4, -0.2) is 17.4 Å². The molecule has 0 radical (unpaired) electrons. The van der Waals surface area contributed by atoms with Crippen molar-refractivity contribution in [2.24, 2.45) is 0 Å². The van der Waals surface area contributed by atoms with Crippen molar-refractivity contribution in [2.75, 3.05) is 0 Å². The Bertz CT molecular complexity index is 582. The van der Waals surface area contributed by atoms with Crippen LogP contribution >= 0.6 is 0 Å². The lowest BCUT2D eigenvalue weighted by Crippen LogP contribution is -2.20. The Balaban J connectivity index is 2.04. The van der Waals surface area contributed by atoms with E-state index in [-0.39, 0.29) is 11.5 Å². The van der Waals surface area contributed by atoms with Gasteiger partial charge in [0.2, 0.25) is 0 Å². The Morgan fingerprint density at radius 2 is 1.19 bits per heavy atom. The number of hydrogen-bond donors (Lipinski definition) is 2. The van der Waals surface area contributed by atoms with E-state index in [1.807, 2.05) is 0 Å². The molecule has 110 valence electrons. The summed E-state index contributed by atoms with van der Waals surface area (Å²) >= 11 is 0. The smallest absolute Gasteiger partial charge is 0.512 e. The lowest BCUT2D eigenvalue weighted by atomic mass is 10.2. The van der Waals surface area contributed by atoms with Gasteiger partial charge in [0.25, 0.3) is 0 Å². The van der Waals surface area contributed by atoms with Gasteiger partial charge in [0.05, 0.1) is 5.56 Å². The summed E-state index contributed by atoms with van der Waals surface area (Å²) < 4.78 is 47.2. The van der Waals surface area contributed by atoms with Crippen molar-refractivity contribution in [3.05, 3.63) is 54.1 Å². The molecule has 0 fully saturated rings. The first-order valence-electron chi connectivity index (χ1n) is 5.82. The third kappa shape index (κ3) is 4.40. The molecule has 0 unspecified atom stereocenters. The summed E-state index contributed by atoms with van der Waals surface area (Å²) in [5.41, 5.74) is -0.754. The molecule has 8 heteroatoms. The normalized spacial score (nSPS) is 11.1. The summed E-state index contributed by atoms with van der Waals surface area (Å²) in [6.45, 7) is 0. The first-order chi connectivity index (χ1) is 9.84. The Kier molecular flexibility index (Phi) is 4.39. The summed E-state index contributed by atoms with van der Waals surface area (Å²) in [6.07, 6.45) is -4.39. The van der Waals surface area contributed by atoms with Crippen LogP contribution in [0.15, 0.2) is 48.5 Å². The van der Waals surface area contributed by atoms with Crippen LogP contribution in [0.5, 0.6) is 17.2 Å². The molecule has 2 N–H and O–H groups in total. The van der Waals surface area contributed by atoms with Gasteiger partial charge < -0.3 is 19.4 Å². The highest BCUT2D eigenvalue weighted by Crippen LogP contribution is 2.31. The predicted octanol–water partition coefficient (Wildman–Crippen LogP) is 2.85. The molecule has 0 aromatic heterocycles. The van der Waals surface area contributed by atoms with Crippen LogP contribution < -0.4 is 9.39 Å². The van der Waals surface area contributed by atoms with E-state index in [0.717, 1.165) is 12.1 Å². The van der Waals surface area contributed by atoms with Crippen LogP contribution in [0.3, 0.4) is 0 Å². The molecule has 2 rings (SSSR count). The minimum Gasteiger partial charge on any atom is -0.512 e. The molecule has 0 atom stereocenters. The van der Waals surface area contributed by atoms with Crippen LogP contribution in [-0.2, 0) is 6.18 Å². The zero-order valence-electron chi connectivity index (χ0n) is 10.5. The van der Waals surface area contributed by atoms with Gasteiger partial charge in [-0.3, -0.25) is 0 Å². The van der Waals surface area contributed by atoms with E-state index in [0.29, 0.717) is 5.75 Å². The lowest BCUT2D eigenvalue weighted by molar-refractivity contribution is -0.137. The standard InChI is InChI=1S/C13H10BF3O4/c15-13(16,17)9-1-3-10(4-2-9)20-11-5-7-12(8-6-11)21-14(18)19/h1-8,18-19H. The molecule has 2 aromatic rings. The molecule has 2 aromatic carbocycles. The highest BCUT2D eigenvalue weighted by molar-refractivity contribution is 6.33. The van der Waals surface area contributed by atoms with E-state index in [2.05, 4.69) is 4.65 Å². The highest BCUT2D eigenvalue weighted by Gasteiger charge is 2.30. The maximum Gasteiger partial charge on any atom is 0.707 e. The van der Waals surface area contributed by atoms with E-state index in [1.165, 1.54) is 36.4 Å². The van der Waals surface area contributed by atoms with Gasteiger partial charge in [0.15, 0.2) is 0 Å². The highest BCUT2D eigenvalue weighted by atomic mass is 19.4. The van der Waals surface area contributed by atoms with Crippen molar-refractivity contribution in [3.8, 4) is 17.2 Å². The third-order valence-corrected chi connectivity index (χ3v) is 2.48. The van der Waals surface area contributed by atoms with Crippen LogP contribution in [0.25, 0.3) is 0 Å². The Morgan fingerprint density at radius 3 is 1.62 bits per heavy atom. The van der Waals surface area contributed by atoms with Gasteiger partial charge in [-0.05, 0) is 48.5 Å². The van der Waals surface area contributed by atoms with Gasteiger partial charge >= 0.3 is 13.5 Å². The third-order valence-electron chi connectivity index (χ3n) is 2.48. The van der Waals surface area contributed by atoms with Crippen molar-refractivity contribution < 1.29 is 32.6 Å². The number of benzene rings is 2. The minimum absolute atomic E-state index is 0.213. The number of halogens is 3. The van der Waals surface area contributed by atoms with Crippen molar-refractivity contribution in [3.63, 3.8) is 0 Å². The Hall–Kier alpha value is -2.19. The van der Waals surface area contributed by atoms with Gasteiger partial charge in [-0.15, -0.1) is 0 Å². The topological polar surface area (TPSA) is 58.9 Å². The van der Waals surface area contributed by atoms with Gasteiger partial charge in [0, 0.05) is 0 Å². The molecule has 0 aliphatic rings. The van der Waals surface area contributed by atoms with Crippen molar-refractivity contribution in [1.82, 2.24) is 0 Å². The minimum atomic E-state index is -4.39. The SMILES string of the molecule is OB(O)Oc1ccc(Oc2ccc(C(F)(F)F)cc2)cc1. The molecule has 4 nitrogen and oxygen atoms in total. The second-order valence-electron chi connectivity index (χ2n) is 4.04. The monoisotopic (exact) mass is 298 g/mol. The summed E-state index contributed by atoms with van der Waals surface area (Å²) in [5.74, 6) is 0.832. The molecule has 21 heavy (non-hydrogen) atoms. The van der Waals surface area contributed by atoms with E-state index in [4.69, 9.17) is 14.8 Å². The second-order valence-corrected chi connectivity index (χ2v) is 4.04. The summed E-state index contributed by atoms with van der Waals surface area (Å²) in [6, 6.07) is 10.1. The van der Waals surface area contributed by atoms with Gasteiger partial charge in [-0.25, -0.2) is 0 Å². The molecule has 0 heterocycles. The van der Waals surface area contributed by atoms with E-state index in [9.17, 15) is 13.2 Å². The molecular formula is C13H10BF3O4. The lowest BCUT2D eigenvalue weighted by Gasteiger charge is -2.10. The fourth-order valence-electron chi connectivity index (χ4n) is 1.56. The summed E-state index contributed by atoms with van der Waals surface area (Å²) in [7, 11) is -1.92. The average molecular weight is 298 g/mol. The number of hydrogen-bond acceptors (Lipinski definition) is 4. The molecular weight excluding hydrogens is 288 g/mol. The van der Waals surface area contributed by atoms with Crippen molar-refractivity contribution in [1.29, 1.82) is 0 Å². The van der Waals surface area contributed by atoms with Crippen LogP contribution in [0.2, 0.25) is 0 Å². The molecule has 0 bridgehead atoms. The number of rotatable bonds is 4. The molecule has 0 saturated carbocycles. The Labute approximate surface area is 118 Å². The van der Waals surface area contributed by atoms with Gasteiger partial charge in [0.1, 0.15) is 17.2 Å². The van der Waals surface area contributed by atoms with Crippen LogP contribution in [0.1, 0.15) is 5.56 Å². The molecule has 0 aliphatic carbocycles. The van der Waals surface area contributed by atoms with E-state index < -0.39 is 19.1 Å². The molecule has 0 aliphatic heterocycles. The van der Waals surface area contributed by atoms with E-state index >= 15 is 0 Å². The fraction of sp³-hybridized carbons (Fsp3) is 0.0769.